The number of imidazole rings is 1. The van der Waals surface area contributed by atoms with Gasteiger partial charge in [0.1, 0.15) is 12.4 Å². The lowest BCUT2D eigenvalue weighted by atomic mass is 9.97. The highest BCUT2D eigenvalue weighted by Gasteiger charge is 2.26. The molecule has 1 N–H and O–H groups in total. The van der Waals surface area contributed by atoms with Gasteiger partial charge in [0, 0.05) is 6.54 Å². The molecule has 1 aliphatic rings. The second-order valence-electron chi connectivity index (χ2n) is 5.60. The Morgan fingerprint density at radius 3 is 3.00 bits per heavy atom. The Hall–Kier alpha value is -2.37. The summed E-state index contributed by atoms with van der Waals surface area (Å²) in [7, 11) is 0. The Labute approximate surface area is 127 Å². The van der Waals surface area contributed by atoms with Gasteiger partial charge in [-0.1, -0.05) is 19.1 Å². The van der Waals surface area contributed by atoms with Crippen LogP contribution in [0.25, 0.3) is 0 Å². The minimum Gasteiger partial charge on any atom is -0.483 e. The van der Waals surface area contributed by atoms with Gasteiger partial charge in [-0.25, -0.2) is 14.2 Å². The second kappa shape index (κ2) is 5.79. The number of benzene rings is 1. The number of hydrogen-bond donors (Lipinski definition) is 1. The quantitative estimate of drug-likeness (QED) is 0.943. The Balaban J connectivity index is 1.87. The molecular formula is C16H17FN2O3. The topological polar surface area (TPSA) is 64.4 Å². The molecule has 0 aliphatic carbocycles. The molecule has 116 valence electrons. The van der Waals surface area contributed by atoms with Gasteiger partial charge in [0.2, 0.25) is 0 Å². The molecule has 0 spiro atoms. The predicted octanol–water partition coefficient (Wildman–Crippen LogP) is 2.88. The molecule has 1 aromatic heterocycles. The molecule has 1 unspecified atom stereocenters. The number of hydrogen-bond acceptors (Lipinski definition) is 3. The van der Waals surface area contributed by atoms with Gasteiger partial charge in [0.25, 0.3) is 0 Å². The highest BCUT2D eigenvalue weighted by Crippen LogP contribution is 2.26. The first-order valence-electron chi connectivity index (χ1n) is 7.25. The van der Waals surface area contributed by atoms with Crippen molar-refractivity contribution in [3.63, 3.8) is 0 Å². The van der Waals surface area contributed by atoms with Crippen molar-refractivity contribution in [2.24, 2.45) is 5.92 Å². The average molecular weight is 304 g/mol. The number of para-hydroxylation sites is 1. The first-order chi connectivity index (χ1) is 10.6. The molecule has 0 saturated carbocycles. The van der Waals surface area contributed by atoms with Crippen LogP contribution in [-0.4, -0.2) is 20.6 Å². The predicted molar refractivity (Wildman–Crippen MR) is 77.4 cm³/mol. The summed E-state index contributed by atoms with van der Waals surface area (Å²) in [6, 6.07) is 6.13. The number of aromatic carboxylic acids is 1. The Morgan fingerprint density at radius 1 is 1.50 bits per heavy atom. The van der Waals surface area contributed by atoms with Gasteiger partial charge in [-0.3, -0.25) is 0 Å². The average Bonchev–Trinajstić information content (AvgIpc) is 2.84. The normalized spacial score (nSPS) is 17.1. The molecule has 2 heterocycles. The van der Waals surface area contributed by atoms with Crippen LogP contribution in [0, 0.1) is 11.7 Å². The summed E-state index contributed by atoms with van der Waals surface area (Å²) in [6.45, 7) is 2.86. The third kappa shape index (κ3) is 2.68. The van der Waals surface area contributed by atoms with Gasteiger partial charge in [-0.2, -0.15) is 0 Å². The zero-order valence-electron chi connectivity index (χ0n) is 12.3. The van der Waals surface area contributed by atoms with Crippen LogP contribution in [0.15, 0.2) is 24.3 Å². The molecule has 0 saturated heterocycles. The van der Waals surface area contributed by atoms with Crippen LogP contribution >= 0.6 is 0 Å². The van der Waals surface area contributed by atoms with E-state index in [1.54, 1.807) is 12.1 Å². The lowest BCUT2D eigenvalue weighted by molar-refractivity contribution is 0.0688. The van der Waals surface area contributed by atoms with Gasteiger partial charge < -0.3 is 14.4 Å². The van der Waals surface area contributed by atoms with Crippen LogP contribution in [0.4, 0.5) is 4.39 Å². The number of halogens is 1. The molecule has 0 fully saturated rings. The van der Waals surface area contributed by atoms with Crippen molar-refractivity contribution in [3.8, 4) is 5.75 Å². The number of rotatable bonds is 4. The Kier molecular flexibility index (Phi) is 3.83. The van der Waals surface area contributed by atoms with E-state index in [0.717, 1.165) is 12.1 Å². The van der Waals surface area contributed by atoms with Crippen LogP contribution in [0.5, 0.6) is 5.75 Å². The maximum atomic E-state index is 13.6. The SMILES string of the molecule is CC1CCn2c(COc3ccccc3F)nc(C(=O)O)c2C1. The lowest BCUT2D eigenvalue weighted by Crippen LogP contribution is -2.20. The maximum Gasteiger partial charge on any atom is 0.356 e. The fourth-order valence-electron chi connectivity index (χ4n) is 2.78. The van der Waals surface area contributed by atoms with Gasteiger partial charge in [-0.05, 0) is 30.9 Å². The molecule has 0 amide bonds. The summed E-state index contributed by atoms with van der Waals surface area (Å²) < 4.78 is 20.9. The van der Waals surface area contributed by atoms with Gasteiger partial charge in [-0.15, -0.1) is 0 Å². The molecule has 0 radical (unpaired) electrons. The molecule has 1 atom stereocenters. The number of fused-ring (bicyclic) bond motifs is 1. The summed E-state index contributed by atoms with van der Waals surface area (Å²) >= 11 is 0. The summed E-state index contributed by atoms with van der Waals surface area (Å²) in [6.07, 6.45) is 1.66. The molecule has 1 aromatic carbocycles. The number of nitrogens with zero attached hydrogens (tertiary/aromatic N) is 2. The van der Waals surface area contributed by atoms with E-state index in [4.69, 9.17) is 4.74 Å². The van der Waals surface area contributed by atoms with E-state index in [1.807, 2.05) is 4.57 Å². The summed E-state index contributed by atoms with van der Waals surface area (Å²) in [4.78, 5) is 15.5. The van der Waals surface area contributed by atoms with E-state index in [1.165, 1.54) is 12.1 Å². The van der Waals surface area contributed by atoms with Crippen LogP contribution < -0.4 is 4.74 Å². The lowest BCUT2D eigenvalue weighted by Gasteiger charge is -2.22. The molecule has 6 heteroatoms. The van der Waals surface area contributed by atoms with Crippen LogP contribution in [0.1, 0.15) is 35.4 Å². The number of carboxylic acid groups (broad SMARTS) is 1. The van der Waals surface area contributed by atoms with Gasteiger partial charge in [0.05, 0.1) is 5.69 Å². The molecule has 5 nitrogen and oxygen atoms in total. The number of ether oxygens (including phenoxy) is 1. The van der Waals surface area contributed by atoms with Gasteiger partial charge >= 0.3 is 5.97 Å². The third-order valence-corrected chi connectivity index (χ3v) is 3.93. The summed E-state index contributed by atoms with van der Waals surface area (Å²) in [5, 5.41) is 9.29. The van der Waals surface area contributed by atoms with Crippen LogP contribution in [0.3, 0.4) is 0 Å². The number of carbonyl (C=O) groups is 1. The first-order valence-corrected chi connectivity index (χ1v) is 7.25. The van der Waals surface area contributed by atoms with Crippen LogP contribution in [-0.2, 0) is 19.6 Å². The van der Waals surface area contributed by atoms with Crippen molar-refractivity contribution >= 4 is 5.97 Å². The minimum atomic E-state index is -1.03. The van der Waals surface area contributed by atoms with Crippen molar-refractivity contribution in [1.29, 1.82) is 0 Å². The number of carboxylic acids is 1. The first kappa shape index (κ1) is 14.6. The van der Waals surface area contributed by atoms with Crippen LogP contribution in [0.2, 0.25) is 0 Å². The second-order valence-corrected chi connectivity index (χ2v) is 5.60. The summed E-state index contributed by atoms with van der Waals surface area (Å²) in [5.41, 5.74) is 0.817. The molecular weight excluding hydrogens is 287 g/mol. The van der Waals surface area contributed by atoms with Crippen molar-refractivity contribution in [2.75, 3.05) is 0 Å². The molecule has 22 heavy (non-hydrogen) atoms. The minimum absolute atomic E-state index is 0.0512. The monoisotopic (exact) mass is 304 g/mol. The van der Waals surface area contributed by atoms with E-state index >= 15 is 0 Å². The van der Waals surface area contributed by atoms with Crippen molar-refractivity contribution < 1.29 is 19.0 Å². The van der Waals surface area contributed by atoms with E-state index in [-0.39, 0.29) is 18.1 Å². The molecule has 1 aliphatic heterocycles. The zero-order chi connectivity index (χ0) is 15.7. The fraction of sp³-hybridized carbons (Fsp3) is 0.375. The zero-order valence-corrected chi connectivity index (χ0v) is 12.3. The molecule has 2 aromatic rings. The molecule has 0 bridgehead atoms. The van der Waals surface area contributed by atoms with E-state index in [0.29, 0.717) is 24.7 Å². The van der Waals surface area contributed by atoms with Gasteiger partial charge in [0.15, 0.2) is 17.3 Å². The molecule has 3 rings (SSSR count). The number of aromatic nitrogens is 2. The highest BCUT2D eigenvalue weighted by atomic mass is 19.1. The standard InChI is InChI=1S/C16H17FN2O3/c1-10-6-7-19-12(8-10)15(16(20)21)18-14(19)9-22-13-5-3-2-4-11(13)17/h2-5,10H,6-9H2,1H3,(H,20,21). The Morgan fingerprint density at radius 2 is 2.27 bits per heavy atom. The van der Waals surface area contributed by atoms with Crippen molar-refractivity contribution in [3.05, 3.63) is 47.3 Å². The summed E-state index contributed by atoms with van der Waals surface area (Å²) in [5.74, 6) is -0.374. The highest BCUT2D eigenvalue weighted by molar-refractivity contribution is 5.87. The van der Waals surface area contributed by atoms with E-state index in [2.05, 4.69) is 11.9 Å². The maximum absolute atomic E-state index is 13.6. The Bertz CT molecular complexity index is 711. The van der Waals surface area contributed by atoms with Crippen molar-refractivity contribution in [1.82, 2.24) is 9.55 Å². The van der Waals surface area contributed by atoms with Crippen molar-refractivity contribution in [2.45, 2.75) is 32.9 Å². The fourth-order valence-corrected chi connectivity index (χ4v) is 2.78. The van der Waals surface area contributed by atoms with E-state index < -0.39 is 11.8 Å². The third-order valence-electron chi connectivity index (χ3n) is 3.93. The largest absolute Gasteiger partial charge is 0.483 e. The smallest absolute Gasteiger partial charge is 0.356 e. The van der Waals surface area contributed by atoms with E-state index in [9.17, 15) is 14.3 Å².